The van der Waals surface area contributed by atoms with Crippen LogP contribution in [0, 0.1) is 0 Å². The molecular weight excluding hydrogens is 212 g/mol. The summed E-state index contributed by atoms with van der Waals surface area (Å²) in [6.07, 6.45) is 5.85. The number of aromatic nitrogens is 3. The van der Waals surface area contributed by atoms with E-state index in [1.807, 2.05) is 30.3 Å². The van der Waals surface area contributed by atoms with Crippen LogP contribution in [0.4, 0.5) is 5.69 Å². The van der Waals surface area contributed by atoms with Gasteiger partial charge in [-0.2, -0.15) is 5.10 Å². The van der Waals surface area contributed by atoms with E-state index < -0.39 is 0 Å². The third kappa shape index (κ3) is 2.01. The van der Waals surface area contributed by atoms with Crippen LogP contribution >= 0.6 is 0 Å². The van der Waals surface area contributed by atoms with Gasteiger partial charge < -0.3 is 10.3 Å². The zero-order valence-corrected chi connectivity index (χ0v) is 9.64. The average molecular weight is 226 g/mol. The Morgan fingerprint density at radius 3 is 3.12 bits per heavy atom. The molecule has 0 saturated carbocycles. The molecule has 0 saturated heterocycles. The van der Waals surface area contributed by atoms with Crippen LogP contribution in [0.25, 0.3) is 10.9 Å². The predicted octanol–water partition coefficient (Wildman–Crippen LogP) is 2.51. The number of rotatable bonds is 3. The summed E-state index contributed by atoms with van der Waals surface area (Å²) in [5, 5.41) is 8.75. The van der Waals surface area contributed by atoms with Gasteiger partial charge >= 0.3 is 0 Å². The second-order valence-electron chi connectivity index (χ2n) is 4.16. The highest BCUT2D eigenvalue weighted by atomic mass is 15.2. The summed E-state index contributed by atoms with van der Waals surface area (Å²) in [5.41, 5.74) is 3.47. The fourth-order valence-electron chi connectivity index (χ4n) is 1.93. The van der Waals surface area contributed by atoms with Gasteiger partial charge in [-0.05, 0) is 24.3 Å². The van der Waals surface area contributed by atoms with Crippen LogP contribution < -0.4 is 5.32 Å². The molecule has 3 rings (SSSR count). The van der Waals surface area contributed by atoms with Crippen molar-refractivity contribution >= 4 is 16.6 Å². The molecule has 0 spiro atoms. The molecule has 86 valence electrons. The lowest BCUT2D eigenvalue weighted by molar-refractivity contribution is 0.767. The fraction of sp³-hybridized carbons (Fsp3) is 0.154. The summed E-state index contributed by atoms with van der Waals surface area (Å²) < 4.78 is 1.81. The topological polar surface area (TPSA) is 45.6 Å². The molecule has 0 radical (unpaired) electrons. The van der Waals surface area contributed by atoms with Crippen LogP contribution in [0.2, 0.25) is 0 Å². The van der Waals surface area contributed by atoms with E-state index in [2.05, 4.69) is 39.7 Å². The van der Waals surface area contributed by atoms with Crippen molar-refractivity contribution < 1.29 is 0 Å². The minimum atomic E-state index is 0.795. The van der Waals surface area contributed by atoms with Gasteiger partial charge in [-0.15, -0.1) is 0 Å². The van der Waals surface area contributed by atoms with E-state index in [1.165, 1.54) is 10.9 Å². The molecular formula is C13H14N4. The van der Waals surface area contributed by atoms with Crippen LogP contribution in [0.5, 0.6) is 0 Å². The number of nitrogens with one attached hydrogen (secondary N) is 2. The highest BCUT2D eigenvalue weighted by Crippen LogP contribution is 2.18. The number of hydrogen-bond donors (Lipinski definition) is 2. The van der Waals surface area contributed by atoms with Crippen LogP contribution in [0.1, 0.15) is 5.56 Å². The molecule has 3 aromatic rings. The van der Waals surface area contributed by atoms with Crippen molar-refractivity contribution in [2.75, 3.05) is 5.32 Å². The maximum Gasteiger partial charge on any atom is 0.0539 e. The van der Waals surface area contributed by atoms with Gasteiger partial charge in [0.1, 0.15) is 0 Å². The third-order valence-corrected chi connectivity index (χ3v) is 2.81. The maximum atomic E-state index is 4.14. The van der Waals surface area contributed by atoms with E-state index in [-0.39, 0.29) is 0 Å². The number of H-pyrrole nitrogens is 1. The molecule has 17 heavy (non-hydrogen) atoms. The molecule has 2 aromatic heterocycles. The summed E-state index contributed by atoms with van der Waals surface area (Å²) in [5.74, 6) is 0. The van der Waals surface area contributed by atoms with E-state index >= 15 is 0 Å². The molecule has 0 amide bonds. The van der Waals surface area contributed by atoms with Crippen molar-refractivity contribution in [3.05, 3.63) is 48.4 Å². The Labute approximate surface area is 99.3 Å². The van der Waals surface area contributed by atoms with E-state index in [4.69, 9.17) is 0 Å². The molecule has 4 nitrogen and oxygen atoms in total. The van der Waals surface area contributed by atoms with Gasteiger partial charge in [0, 0.05) is 48.1 Å². The molecule has 2 N–H and O–H groups in total. The van der Waals surface area contributed by atoms with Crippen molar-refractivity contribution in [1.82, 2.24) is 14.8 Å². The Balaban J connectivity index is 1.76. The monoisotopic (exact) mass is 226 g/mol. The van der Waals surface area contributed by atoms with E-state index in [0.717, 1.165) is 17.7 Å². The highest BCUT2D eigenvalue weighted by molar-refractivity contribution is 5.82. The van der Waals surface area contributed by atoms with Crippen molar-refractivity contribution in [2.24, 2.45) is 7.05 Å². The van der Waals surface area contributed by atoms with Gasteiger partial charge in [0.15, 0.2) is 0 Å². The number of aryl methyl sites for hydroxylation is 1. The smallest absolute Gasteiger partial charge is 0.0539 e. The van der Waals surface area contributed by atoms with Gasteiger partial charge in [0.25, 0.3) is 0 Å². The summed E-state index contributed by atoms with van der Waals surface area (Å²) in [6, 6.07) is 8.38. The Bertz CT molecular complexity index is 635. The molecule has 1 aromatic carbocycles. The molecule has 0 fully saturated rings. The molecule has 0 aliphatic heterocycles. The number of benzene rings is 1. The van der Waals surface area contributed by atoms with Crippen LogP contribution in [0.3, 0.4) is 0 Å². The number of anilines is 1. The lowest BCUT2D eigenvalue weighted by atomic mass is 10.2. The molecule has 4 heteroatoms. The van der Waals surface area contributed by atoms with E-state index in [9.17, 15) is 0 Å². The standard InChI is InChI=1S/C13H14N4/c1-17-9-10(8-16-17)7-15-12-2-3-13-11(6-12)4-5-14-13/h2-6,8-9,14-15H,7H2,1H3. The molecule has 0 aliphatic rings. The van der Waals surface area contributed by atoms with Gasteiger partial charge in [-0.3, -0.25) is 4.68 Å². The number of hydrogen-bond acceptors (Lipinski definition) is 2. The zero-order valence-electron chi connectivity index (χ0n) is 9.64. The minimum absolute atomic E-state index is 0.795. The van der Waals surface area contributed by atoms with Gasteiger partial charge in [0.2, 0.25) is 0 Å². The molecule has 0 aliphatic carbocycles. The Morgan fingerprint density at radius 2 is 2.29 bits per heavy atom. The Kier molecular flexibility index (Phi) is 2.33. The van der Waals surface area contributed by atoms with Gasteiger partial charge in [0.05, 0.1) is 6.20 Å². The van der Waals surface area contributed by atoms with Crippen molar-refractivity contribution in [3.63, 3.8) is 0 Å². The van der Waals surface area contributed by atoms with Crippen molar-refractivity contribution in [3.8, 4) is 0 Å². The van der Waals surface area contributed by atoms with Crippen LogP contribution in [-0.4, -0.2) is 14.8 Å². The second-order valence-corrected chi connectivity index (χ2v) is 4.16. The fourth-order valence-corrected chi connectivity index (χ4v) is 1.93. The van der Waals surface area contributed by atoms with E-state index in [1.54, 1.807) is 0 Å². The maximum absolute atomic E-state index is 4.14. The first-order chi connectivity index (χ1) is 8.31. The summed E-state index contributed by atoms with van der Waals surface area (Å²) >= 11 is 0. The first-order valence-corrected chi connectivity index (χ1v) is 5.60. The molecule has 0 bridgehead atoms. The quantitative estimate of drug-likeness (QED) is 0.720. The van der Waals surface area contributed by atoms with Gasteiger partial charge in [-0.25, -0.2) is 0 Å². The van der Waals surface area contributed by atoms with Crippen molar-refractivity contribution in [1.29, 1.82) is 0 Å². The Hall–Kier alpha value is -2.23. The highest BCUT2D eigenvalue weighted by Gasteiger charge is 1.98. The van der Waals surface area contributed by atoms with Gasteiger partial charge in [-0.1, -0.05) is 0 Å². The number of fused-ring (bicyclic) bond motifs is 1. The summed E-state index contributed by atoms with van der Waals surface area (Å²) in [4.78, 5) is 3.18. The average Bonchev–Trinajstić information content (AvgIpc) is 2.94. The predicted molar refractivity (Wildman–Crippen MR) is 68.8 cm³/mol. The largest absolute Gasteiger partial charge is 0.381 e. The molecule has 2 heterocycles. The molecule has 0 atom stereocenters. The summed E-state index contributed by atoms with van der Waals surface area (Å²) in [6.45, 7) is 0.795. The first-order valence-electron chi connectivity index (χ1n) is 5.60. The zero-order chi connectivity index (χ0) is 11.7. The summed E-state index contributed by atoms with van der Waals surface area (Å²) in [7, 11) is 1.93. The van der Waals surface area contributed by atoms with Crippen LogP contribution in [0.15, 0.2) is 42.9 Å². The number of nitrogens with zero attached hydrogens (tertiary/aromatic N) is 2. The van der Waals surface area contributed by atoms with Crippen LogP contribution in [-0.2, 0) is 13.6 Å². The lowest BCUT2D eigenvalue weighted by Gasteiger charge is -2.04. The Morgan fingerprint density at radius 1 is 1.35 bits per heavy atom. The lowest BCUT2D eigenvalue weighted by Crippen LogP contribution is -1.97. The second kappa shape index (κ2) is 3.97. The normalized spacial score (nSPS) is 10.9. The third-order valence-electron chi connectivity index (χ3n) is 2.81. The minimum Gasteiger partial charge on any atom is -0.381 e. The SMILES string of the molecule is Cn1cc(CNc2ccc3[nH]ccc3c2)cn1. The van der Waals surface area contributed by atoms with E-state index in [0.29, 0.717) is 0 Å². The number of aromatic amines is 1. The first kappa shape index (κ1) is 9.96. The molecule has 0 unspecified atom stereocenters. The van der Waals surface area contributed by atoms with Crippen molar-refractivity contribution in [2.45, 2.75) is 6.54 Å².